The SMILES string of the molecule is O=[N+]([O-])c1cccc(S(=O)(=O)NCCN2CCOC(c3ccccc3)C2)c1. The van der Waals surface area contributed by atoms with Crippen LogP contribution in [0.3, 0.4) is 0 Å². The molecule has 0 aromatic heterocycles. The number of rotatable bonds is 7. The van der Waals surface area contributed by atoms with E-state index in [0.29, 0.717) is 19.7 Å². The predicted octanol–water partition coefficient (Wildman–Crippen LogP) is 1.95. The summed E-state index contributed by atoms with van der Waals surface area (Å²) in [5.74, 6) is 0. The maximum atomic E-state index is 12.4. The van der Waals surface area contributed by atoms with Crippen LogP contribution < -0.4 is 4.72 Å². The van der Waals surface area contributed by atoms with E-state index >= 15 is 0 Å². The van der Waals surface area contributed by atoms with E-state index in [0.717, 1.165) is 18.2 Å². The fraction of sp³-hybridized carbons (Fsp3) is 0.333. The summed E-state index contributed by atoms with van der Waals surface area (Å²) in [6.45, 7) is 2.73. The Balaban J connectivity index is 1.56. The van der Waals surface area contributed by atoms with Gasteiger partial charge < -0.3 is 4.74 Å². The third kappa shape index (κ3) is 5.10. The first-order valence-corrected chi connectivity index (χ1v) is 10.1. The Morgan fingerprint density at radius 3 is 2.70 bits per heavy atom. The van der Waals surface area contributed by atoms with E-state index in [1.54, 1.807) is 0 Å². The topological polar surface area (TPSA) is 102 Å². The van der Waals surface area contributed by atoms with Crippen LogP contribution in [0.25, 0.3) is 0 Å². The van der Waals surface area contributed by atoms with E-state index in [9.17, 15) is 18.5 Å². The van der Waals surface area contributed by atoms with Gasteiger partial charge in [-0.1, -0.05) is 36.4 Å². The van der Waals surface area contributed by atoms with Crippen molar-refractivity contribution in [1.82, 2.24) is 9.62 Å². The van der Waals surface area contributed by atoms with Gasteiger partial charge in [0, 0.05) is 38.3 Å². The average Bonchev–Trinajstić information content (AvgIpc) is 2.69. The first-order chi connectivity index (χ1) is 13.0. The highest BCUT2D eigenvalue weighted by molar-refractivity contribution is 7.89. The fourth-order valence-electron chi connectivity index (χ4n) is 2.96. The highest BCUT2D eigenvalue weighted by atomic mass is 32.2. The number of nitrogens with one attached hydrogen (secondary N) is 1. The van der Waals surface area contributed by atoms with E-state index in [2.05, 4.69) is 9.62 Å². The van der Waals surface area contributed by atoms with Crippen LogP contribution in [0, 0.1) is 10.1 Å². The van der Waals surface area contributed by atoms with Crippen LogP contribution in [-0.4, -0.2) is 51.0 Å². The van der Waals surface area contributed by atoms with E-state index in [4.69, 9.17) is 4.74 Å². The number of nitro groups is 1. The second kappa shape index (κ2) is 8.57. The molecule has 2 aromatic carbocycles. The van der Waals surface area contributed by atoms with Crippen molar-refractivity contribution in [2.75, 3.05) is 32.8 Å². The van der Waals surface area contributed by atoms with Gasteiger partial charge in [0.15, 0.2) is 0 Å². The summed E-state index contributed by atoms with van der Waals surface area (Å²) in [7, 11) is -3.80. The number of sulfonamides is 1. The number of non-ortho nitro benzene ring substituents is 1. The van der Waals surface area contributed by atoms with Crippen LogP contribution in [-0.2, 0) is 14.8 Å². The third-order valence-corrected chi connectivity index (χ3v) is 5.84. The summed E-state index contributed by atoms with van der Waals surface area (Å²) in [6, 6.07) is 14.9. The van der Waals surface area contributed by atoms with Gasteiger partial charge in [-0.2, -0.15) is 0 Å². The van der Waals surface area contributed by atoms with Gasteiger partial charge in [-0.15, -0.1) is 0 Å². The maximum absolute atomic E-state index is 12.4. The Morgan fingerprint density at radius 2 is 1.96 bits per heavy atom. The molecule has 1 N–H and O–H groups in total. The molecule has 0 aliphatic carbocycles. The Bertz CT molecular complexity index is 889. The van der Waals surface area contributed by atoms with Crippen LogP contribution in [0.4, 0.5) is 5.69 Å². The van der Waals surface area contributed by atoms with E-state index in [1.807, 2.05) is 30.3 Å². The van der Waals surface area contributed by atoms with Gasteiger partial charge >= 0.3 is 0 Å². The normalized spacial score (nSPS) is 18.3. The number of hydrogen-bond acceptors (Lipinski definition) is 6. The second-order valence-electron chi connectivity index (χ2n) is 6.22. The first-order valence-electron chi connectivity index (χ1n) is 8.59. The van der Waals surface area contributed by atoms with Crippen LogP contribution >= 0.6 is 0 Å². The Labute approximate surface area is 158 Å². The lowest BCUT2D eigenvalue weighted by Crippen LogP contribution is -2.42. The van der Waals surface area contributed by atoms with Crippen molar-refractivity contribution >= 4 is 15.7 Å². The van der Waals surface area contributed by atoms with Gasteiger partial charge in [0.25, 0.3) is 5.69 Å². The zero-order valence-corrected chi connectivity index (χ0v) is 15.5. The Hall–Kier alpha value is -2.33. The highest BCUT2D eigenvalue weighted by Crippen LogP contribution is 2.21. The standard InChI is InChI=1S/C18H21N3O5S/c22-21(23)16-7-4-8-17(13-16)27(24,25)19-9-10-20-11-12-26-18(14-20)15-5-2-1-3-6-15/h1-8,13,18-19H,9-12,14H2. The van der Waals surface area contributed by atoms with Crippen LogP contribution in [0.15, 0.2) is 59.5 Å². The smallest absolute Gasteiger partial charge is 0.270 e. The number of benzene rings is 2. The van der Waals surface area contributed by atoms with Crippen LogP contribution in [0.5, 0.6) is 0 Å². The summed E-state index contributed by atoms with van der Waals surface area (Å²) in [6.07, 6.45) is -0.0340. The van der Waals surface area contributed by atoms with E-state index in [1.165, 1.54) is 18.2 Å². The number of nitrogens with zero attached hydrogens (tertiary/aromatic N) is 2. The predicted molar refractivity (Wildman–Crippen MR) is 99.9 cm³/mol. The minimum atomic E-state index is -3.80. The van der Waals surface area contributed by atoms with E-state index < -0.39 is 14.9 Å². The molecular formula is C18H21N3O5S. The molecule has 144 valence electrons. The molecule has 1 heterocycles. The maximum Gasteiger partial charge on any atom is 0.270 e. The molecule has 0 radical (unpaired) electrons. The zero-order chi connectivity index (χ0) is 19.3. The molecule has 3 rings (SSSR count). The molecule has 2 aromatic rings. The number of nitro benzene ring substituents is 1. The van der Waals surface area contributed by atoms with Gasteiger partial charge in [-0.3, -0.25) is 15.0 Å². The third-order valence-electron chi connectivity index (χ3n) is 4.38. The lowest BCUT2D eigenvalue weighted by Gasteiger charge is -2.33. The monoisotopic (exact) mass is 391 g/mol. The van der Waals surface area contributed by atoms with Crippen molar-refractivity contribution in [2.24, 2.45) is 0 Å². The molecule has 0 spiro atoms. The van der Waals surface area contributed by atoms with Gasteiger partial charge in [0.2, 0.25) is 10.0 Å². The van der Waals surface area contributed by atoms with Gasteiger partial charge in [0.05, 0.1) is 22.5 Å². The summed E-state index contributed by atoms with van der Waals surface area (Å²) in [5, 5.41) is 10.8. The first kappa shape index (κ1) is 19.4. The molecule has 1 fully saturated rings. The largest absolute Gasteiger partial charge is 0.371 e. The minimum absolute atomic E-state index is 0.0340. The molecule has 1 saturated heterocycles. The molecule has 0 saturated carbocycles. The zero-order valence-electron chi connectivity index (χ0n) is 14.7. The summed E-state index contributed by atoms with van der Waals surface area (Å²) >= 11 is 0. The van der Waals surface area contributed by atoms with Crippen molar-refractivity contribution in [3.05, 3.63) is 70.3 Å². The quantitative estimate of drug-likeness (QED) is 0.572. The molecule has 1 aliphatic rings. The van der Waals surface area contributed by atoms with Crippen molar-refractivity contribution in [3.8, 4) is 0 Å². The lowest BCUT2D eigenvalue weighted by atomic mass is 10.1. The molecule has 27 heavy (non-hydrogen) atoms. The molecule has 0 bridgehead atoms. The minimum Gasteiger partial charge on any atom is -0.371 e. The summed E-state index contributed by atoms with van der Waals surface area (Å²) in [4.78, 5) is 12.2. The van der Waals surface area contributed by atoms with E-state index in [-0.39, 0.29) is 23.2 Å². The molecule has 8 nitrogen and oxygen atoms in total. The molecular weight excluding hydrogens is 370 g/mol. The summed E-state index contributed by atoms with van der Waals surface area (Å²) < 4.78 is 33.0. The Kier molecular flexibility index (Phi) is 6.17. The molecule has 1 aliphatic heterocycles. The van der Waals surface area contributed by atoms with Crippen LogP contribution in [0.2, 0.25) is 0 Å². The number of ether oxygens (including phenoxy) is 1. The average molecular weight is 391 g/mol. The van der Waals surface area contributed by atoms with Gasteiger partial charge in [-0.05, 0) is 11.6 Å². The van der Waals surface area contributed by atoms with Crippen LogP contribution in [0.1, 0.15) is 11.7 Å². The van der Waals surface area contributed by atoms with Crippen molar-refractivity contribution in [3.63, 3.8) is 0 Å². The number of hydrogen-bond donors (Lipinski definition) is 1. The molecule has 9 heteroatoms. The Morgan fingerprint density at radius 1 is 1.19 bits per heavy atom. The van der Waals surface area contributed by atoms with Crippen molar-refractivity contribution in [1.29, 1.82) is 0 Å². The molecule has 1 atom stereocenters. The fourth-order valence-corrected chi connectivity index (χ4v) is 4.02. The lowest BCUT2D eigenvalue weighted by molar-refractivity contribution is -0.385. The summed E-state index contributed by atoms with van der Waals surface area (Å²) in [5.41, 5.74) is 0.844. The molecule has 1 unspecified atom stereocenters. The van der Waals surface area contributed by atoms with Crippen molar-refractivity contribution < 1.29 is 18.1 Å². The molecule has 0 amide bonds. The highest BCUT2D eigenvalue weighted by Gasteiger charge is 2.22. The van der Waals surface area contributed by atoms with Gasteiger partial charge in [-0.25, -0.2) is 13.1 Å². The number of morpholine rings is 1. The van der Waals surface area contributed by atoms with Gasteiger partial charge in [0.1, 0.15) is 0 Å². The van der Waals surface area contributed by atoms with Crippen molar-refractivity contribution in [2.45, 2.75) is 11.0 Å². The second-order valence-corrected chi connectivity index (χ2v) is 7.99.